The number of hydrogen-bond acceptors (Lipinski definition) is 4. The largest absolute Gasteiger partial charge is 0.352 e. The fourth-order valence-electron chi connectivity index (χ4n) is 2.49. The van der Waals surface area contributed by atoms with Crippen LogP contribution in [0.2, 0.25) is 0 Å². The topological polar surface area (TPSA) is 68.0 Å². The van der Waals surface area contributed by atoms with Crippen molar-refractivity contribution in [2.24, 2.45) is 11.7 Å². The van der Waals surface area contributed by atoms with Crippen LogP contribution in [-0.4, -0.2) is 29.2 Å². The predicted octanol–water partition coefficient (Wildman–Crippen LogP) is 1.56. The first-order valence-corrected chi connectivity index (χ1v) is 7.92. The Morgan fingerprint density at radius 1 is 1.47 bits per heavy atom. The molecule has 1 amide bonds. The van der Waals surface area contributed by atoms with E-state index >= 15 is 0 Å². The van der Waals surface area contributed by atoms with Crippen molar-refractivity contribution in [2.75, 3.05) is 12.3 Å². The summed E-state index contributed by atoms with van der Waals surface area (Å²) in [6, 6.07) is 6.13. The van der Waals surface area contributed by atoms with Crippen LogP contribution in [0, 0.1) is 5.92 Å². The molecule has 2 unspecified atom stereocenters. The highest BCUT2D eigenvalue weighted by atomic mass is 32.2. The number of nitrogens with zero attached hydrogens (tertiary/aromatic N) is 1. The molecule has 1 aliphatic rings. The summed E-state index contributed by atoms with van der Waals surface area (Å²) in [4.78, 5) is 16.1. The second-order valence-electron chi connectivity index (χ2n) is 4.91. The molecule has 1 heterocycles. The quantitative estimate of drug-likeness (QED) is 0.829. The van der Waals surface area contributed by atoms with Crippen LogP contribution in [0.15, 0.2) is 24.4 Å². The van der Waals surface area contributed by atoms with Gasteiger partial charge in [-0.25, -0.2) is 0 Å². The summed E-state index contributed by atoms with van der Waals surface area (Å²) in [6.07, 6.45) is 5.16. The van der Waals surface area contributed by atoms with E-state index in [1.807, 2.05) is 18.2 Å². The van der Waals surface area contributed by atoms with Crippen molar-refractivity contribution in [3.8, 4) is 0 Å². The number of nitrogens with one attached hydrogen (secondary N) is 1. The predicted molar refractivity (Wildman–Crippen MR) is 78.7 cm³/mol. The molecule has 104 valence electrons. The number of aromatic nitrogens is 1. The van der Waals surface area contributed by atoms with Crippen LogP contribution in [0.4, 0.5) is 0 Å². The summed E-state index contributed by atoms with van der Waals surface area (Å²) in [5.74, 6) is 1.85. The number of amides is 1. The Kier molecular flexibility index (Phi) is 5.66. The maximum absolute atomic E-state index is 11.9. The molecule has 4 nitrogen and oxygen atoms in total. The number of pyridine rings is 1. The molecule has 3 N–H and O–H groups in total. The van der Waals surface area contributed by atoms with Crippen molar-refractivity contribution >= 4 is 17.7 Å². The summed E-state index contributed by atoms with van der Waals surface area (Å²) in [7, 11) is 0. The van der Waals surface area contributed by atoms with Crippen molar-refractivity contribution in [1.29, 1.82) is 0 Å². The Labute approximate surface area is 118 Å². The highest BCUT2D eigenvalue weighted by Gasteiger charge is 2.26. The Hall–Kier alpha value is -1.07. The second kappa shape index (κ2) is 7.50. The normalized spacial score (nSPS) is 22.4. The van der Waals surface area contributed by atoms with Gasteiger partial charge in [-0.05, 0) is 37.4 Å². The lowest BCUT2D eigenvalue weighted by molar-refractivity contribution is -0.119. The fraction of sp³-hybridized carbons (Fsp3) is 0.571. The van der Waals surface area contributed by atoms with Gasteiger partial charge in [-0.3, -0.25) is 9.78 Å². The molecule has 0 saturated heterocycles. The summed E-state index contributed by atoms with van der Waals surface area (Å²) in [5.41, 5.74) is 6.73. The SMILES string of the molecule is NCC1CCCC1NC(=O)CSCc1ccccn1. The van der Waals surface area contributed by atoms with Crippen LogP contribution in [0.3, 0.4) is 0 Å². The molecule has 1 saturated carbocycles. The van der Waals surface area contributed by atoms with E-state index in [0.29, 0.717) is 18.2 Å². The van der Waals surface area contributed by atoms with Crippen molar-refractivity contribution in [3.05, 3.63) is 30.1 Å². The number of carbonyl (C=O) groups is 1. The first kappa shape index (κ1) is 14.3. The molecule has 0 radical (unpaired) electrons. The van der Waals surface area contributed by atoms with Gasteiger partial charge in [-0.15, -0.1) is 11.8 Å². The van der Waals surface area contributed by atoms with Gasteiger partial charge in [0.25, 0.3) is 0 Å². The Balaban J connectivity index is 1.67. The zero-order chi connectivity index (χ0) is 13.5. The molecule has 1 aliphatic carbocycles. The molecule has 1 aromatic rings. The number of rotatable bonds is 6. The Morgan fingerprint density at radius 2 is 2.37 bits per heavy atom. The van der Waals surface area contributed by atoms with Gasteiger partial charge in [0.2, 0.25) is 5.91 Å². The van der Waals surface area contributed by atoms with Gasteiger partial charge in [-0.2, -0.15) is 0 Å². The van der Waals surface area contributed by atoms with E-state index in [2.05, 4.69) is 10.3 Å². The van der Waals surface area contributed by atoms with Crippen LogP contribution in [-0.2, 0) is 10.5 Å². The third-order valence-corrected chi connectivity index (χ3v) is 4.48. The first-order valence-electron chi connectivity index (χ1n) is 6.76. The number of hydrogen-bond donors (Lipinski definition) is 2. The monoisotopic (exact) mass is 279 g/mol. The second-order valence-corrected chi connectivity index (χ2v) is 5.90. The maximum atomic E-state index is 11.9. The highest BCUT2D eigenvalue weighted by molar-refractivity contribution is 7.99. The lowest BCUT2D eigenvalue weighted by atomic mass is 10.0. The van der Waals surface area contributed by atoms with Gasteiger partial charge < -0.3 is 11.1 Å². The minimum Gasteiger partial charge on any atom is -0.352 e. The fourth-order valence-corrected chi connectivity index (χ4v) is 3.24. The van der Waals surface area contributed by atoms with Crippen LogP contribution in [0.5, 0.6) is 0 Å². The average Bonchev–Trinajstić information content (AvgIpc) is 2.87. The van der Waals surface area contributed by atoms with E-state index in [1.54, 1.807) is 18.0 Å². The van der Waals surface area contributed by atoms with E-state index in [1.165, 1.54) is 6.42 Å². The van der Waals surface area contributed by atoms with E-state index < -0.39 is 0 Å². The van der Waals surface area contributed by atoms with Gasteiger partial charge in [-0.1, -0.05) is 12.5 Å². The van der Waals surface area contributed by atoms with Gasteiger partial charge in [0.1, 0.15) is 0 Å². The van der Waals surface area contributed by atoms with E-state index in [0.717, 1.165) is 24.3 Å². The van der Waals surface area contributed by atoms with E-state index in [4.69, 9.17) is 5.73 Å². The summed E-state index contributed by atoms with van der Waals surface area (Å²) in [5, 5.41) is 3.11. The van der Waals surface area contributed by atoms with Crippen LogP contribution in [0.1, 0.15) is 25.0 Å². The molecule has 5 heteroatoms. The lowest BCUT2D eigenvalue weighted by Gasteiger charge is -2.19. The smallest absolute Gasteiger partial charge is 0.230 e. The number of carbonyl (C=O) groups excluding carboxylic acids is 1. The molecular formula is C14H21N3OS. The molecule has 1 fully saturated rings. The Bertz CT molecular complexity index is 399. The summed E-state index contributed by atoms with van der Waals surface area (Å²) < 4.78 is 0. The van der Waals surface area contributed by atoms with Gasteiger partial charge in [0, 0.05) is 18.0 Å². The molecule has 2 atom stereocenters. The average molecular weight is 279 g/mol. The van der Waals surface area contributed by atoms with Crippen molar-refractivity contribution < 1.29 is 4.79 Å². The zero-order valence-corrected chi connectivity index (χ0v) is 11.9. The van der Waals surface area contributed by atoms with Crippen molar-refractivity contribution in [3.63, 3.8) is 0 Å². The zero-order valence-electron chi connectivity index (χ0n) is 11.0. The molecule has 0 bridgehead atoms. The minimum atomic E-state index is 0.117. The minimum absolute atomic E-state index is 0.117. The van der Waals surface area contributed by atoms with Gasteiger partial charge in [0.15, 0.2) is 0 Å². The van der Waals surface area contributed by atoms with Gasteiger partial charge >= 0.3 is 0 Å². The van der Waals surface area contributed by atoms with Crippen molar-refractivity contribution in [2.45, 2.75) is 31.1 Å². The van der Waals surface area contributed by atoms with E-state index in [9.17, 15) is 4.79 Å². The third-order valence-electron chi connectivity index (χ3n) is 3.52. The van der Waals surface area contributed by atoms with Crippen LogP contribution < -0.4 is 11.1 Å². The van der Waals surface area contributed by atoms with Crippen LogP contribution >= 0.6 is 11.8 Å². The van der Waals surface area contributed by atoms with Gasteiger partial charge in [0.05, 0.1) is 11.4 Å². The molecule has 0 aliphatic heterocycles. The molecule has 19 heavy (non-hydrogen) atoms. The van der Waals surface area contributed by atoms with E-state index in [-0.39, 0.29) is 11.9 Å². The molecule has 0 aromatic carbocycles. The van der Waals surface area contributed by atoms with Crippen molar-refractivity contribution in [1.82, 2.24) is 10.3 Å². The highest BCUT2D eigenvalue weighted by Crippen LogP contribution is 2.24. The summed E-state index contributed by atoms with van der Waals surface area (Å²) >= 11 is 1.60. The maximum Gasteiger partial charge on any atom is 0.230 e. The van der Waals surface area contributed by atoms with Crippen LogP contribution in [0.25, 0.3) is 0 Å². The standard InChI is InChI=1S/C14H21N3OS/c15-8-11-4-3-6-13(11)17-14(18)10-19-9-12-5-1-2-7-16-12/h1-2,5,7,11,13H,3-4,6,8-10,15H2,(H,17,18). The molecule has 0 spiro atoms. The first-order chi connectivity index (χ1) is 9.29. The number of nitrogens with two attached hydrogens (primary N) is 1. The number of thioether (sulfide) groups is 1. The Morgan fingerprint density at radius 3 is 3.11 bits per heavy atom. The molecule has 2 rings (SSSR count). The molecule has 1 aromatic heterocycles. The summed E-state index contributed by atoms with van der Waals surface area (Å²) in [6.45, 7) is 0.673. The molecular weight excluding hydrogens is 258 g/mol. The lowest BCUT2D eigenvalue weighted by Crippen LogP contribution is -2.40. The third kappa shape index (κ3) is 4.51.